The molecule has 7 heteroatoms. The second kappa shape index (κ2) is 7.68. The first kappa shape index (κ1) is 17.6. The van der Waals surface area contributed by atoms with Gasteiger partial charge < -0.3 is 10.6 Å². The molecule has 4 nitrogen and oxygen atoms in total. The van der Waals surface area contributed by atoms with E-state index in [2.05, 4.69) is 16.7 Å². The highest BCUT2D eigenvalue weighted by atomic mass is 19.4. The number of carbonyl (C=O) groups is 1. The van der Waals surface area contributed by atoms with Crippen molar-refractivity contribution < 1.29 is 18.0 Å². The molecule has 0 fully saturated rings. The van der Waals surface area contributed by atoms with Gasteiger partial charge in [0.25, 0.3) is 0 Å². The molecule has 0 aromatic heterocycles. The van der Waals surface area contributed by atoms with Gasteiger partial charge in [-0.1, -0.05) is 24.3 Å². The summed E-state index contributed by atoms with van der Waals surface area (Å²) in [5.74, 6) is 0. The van der Waals surface area contributed by atoms with Crippen LogP contribution in [0.15, 0.2) is 24.3 Å². The summed E-state index contributed by atoms with van der Waals surface area (Å²) in [6.07, 6.45) is -1.89. The fourth-order valence-electron chi connectivity index (χ4n) is 2.85. The average Bonchev–Trinajstić information content (AvgIpc) is 2.85. The summed E-state index contributed by atoms with van der Waals surface area (Å²) in [6, 6.07) is 7.75. The third-order valence-corrected chi connectivity index (χ3v) is 3.89. The number of nitrogens with one attached hydrogen (secondary N) is 2. The minimum absolute atomic E-state index is 0.0131. The van der Waals surface area contributed by atoms with Crippen LogP contribution >= 0.6 is 0 Å². The van der Waals surface area contributed by atoms with Gasteiger partial charge in [-0.3, -0.25) is 4.90 Å². The maximum Gasteiger partial charge on any atom is 0.401 e. The van der Waals surface area contributed by atoms with Gasteiger partial charge in [-0.15, -0.1) is 0 Å². The number of aryl methyl sites for hydroxylation is 1. The SMILES string of the molecule is CN(CCCNC(=O)N[C@H]1CCc2ccccc21)CC(F)(F)F. The Bertz CT molecular complexity index is 534. The van der Waals surface area contributed by atoms with Gasteiger partial charge in [0.2, 0.25) is 0 Å². The molecule has 1 atom stereocenters. The smallest absolute Gasteiger partial charge is 0.338 e. The molecule has 0 saturated heterocycles. The van der Waals surface area contributed by atoms with Gasteiger partial charge in [-0.2, -0.15) is 13.2 Å². The Hall–Kier alpha value is -1.76. The van der Waals surface area contributed by atoms with Crippen LogP contribution in [0.3, 0.4) is 0 Å². The van der Waals surface area contributed by atoms with Crippen LogP contribution in [0.4, 0.5) is 18.0 Å². The van der Waals surface area contributed by atoms with E-state index in [9.17, 15) is 18.0 Å². The molecule has 2 amide bonds. The van der Waals surface area contributed by atoms with Crippen LogP contribution in [0.2, 0.25) is 0 Å². The number of nitrogens with zero attached hydrogens (tertiary/aromatic N) is 1. The lowest BCUT2D eigenvalue weighted by Gasteiger charge is -2.19. The molecule has 0 radical (unpaired) electrons. The molecule has 1 aromatic rings. The first-order valence-electron chi connectivity index (χ1n) is 7.72. The van der Waals surface area contributed by atoms with Crippen molar-refractivity contribution in [3.8, 4) is 0 Å². The lowest BCUT2D eigenvalue weighted by molar-refractivity contribution is -0.143. The minimum Gasteiger partial charge on any atom is -0.338 e. The number of fused-ring (bicyclic) bond motifs is 1. The van der Waals surface area contributed by atoms with Gasteiger partial charge in [-0.25, -0.2) is 4.79 Å². The van der Waals surface area contributed by atoms with E-state index in [4.69, 9.17) is 0 Å². The topological polar surface area (TPSA) is 44.4 Å². The van der Waals surface area contributed by atoms with E-state index in [1.54, 1.807) is 0 Å². The number of benzene rings is 1. The number of hydrogen-bond acceptors (Lipinski definition) is 2. The molecule has 1 aliphatic rings. The lowest BCUT2D eigenvalue weighted by atomic mass is 10.1. The summed E-state index contributed by atoms with van der Waals surface area (Å²) in [6.45, 7) is -0.299. The Morgan fingerprint density at radius 2 is 2.09 bits per heavy atom. The summed E-state index contributed by atoms with van der Waals surface area (Å²) < 4.78 is 36.5. The average molecular weight is 329 g/mol. The van der Waals surface area contributed by atoms with Crippen LogP contribution in [-0.2, 0) is 6.42 Å². The highest BCUT2D eigenvalue weighted by Crippen LogP contribution is 2.30. The molecule has 1 aliphatic carbocycles. The summed E-state index contributed by atoms with van der Waals surface area (Å²) >= 11 is 0. The fraction of sp³-hybridized carbons (Fsp3) is 0.562. The van der Waals surface area contributed by atoms with Gasteiger partial charge >= 0.3 is 12.2 Å². The summed E-state index contributed by atoms with van der Waals surface area (Å²) in [5, 5.41) is 5.62. The number of halogens is 3. The van der Waals surface area contributed by atoms with E-state index in [-0.39, 0.29) is 18.6 Å². The molecule has 0 aliphatic heterocycles. The van der Waals surface area contributed by atoms with Crippen LogP contribution < -0.4 is 10.6 Å². The molecule has 0 heterocycles. The number of alkyl halides is 3. The third kappa shape index (κ3) is 5.74. The molecular weight excluding hydrogens is 307 g/mol. The quantitative estimate of drug-likeness (QED) is 0.788. The predicted molar refractivity (Wildman–Crippen MR) is 82.2 cm³/mol. The zero-order valence-corrected chi connectivity index (χ0v) is 13.1. The zero-order valence-electron chi connectivity index (χ0n) is 13.1. The van der Waals surface area contributed by atoms with Crippen molar-refractivity contribution in [3.05, 3.63) is 35.4 Å². The van der Waals surface area contributed by atoms with E-state index >= 15 is 0 Å². The minimum atomic E-state index is -4.19. The van der Waals surface area contributed by atoms with Gasteiger partial charge in [0, 0.05) is 6.54 Å². The van der Waals surface area contributed by atoms with Crippen LogP contribution in [0.5, 0.6) is 0 Å². The second-order valence-electron chi connectivity index (χ2n) is 5.90. The summed E-state index contributed by atoms with van der Waals surface area (Å²) in [7, 11) is 1.42. The number of carbonyl (C=O) groups excluding carboxylic acids is 1. The van der Waals surface area contributed by atoms with Gasteiger partial charge in [0.05, 0.1) is 12.6 Å². The van der Waals surface area contributed by atoms with Crippen molar-refractivity contribution >= 4 is 6.03 Å². The lowest BCUT2D eigenvalue weighted by Crippen LogP contribution is -2.39. The van der Waals surface area contributed by atoms with E-state index in [1.807, 2.05) is 18.2 Å². The highest BCUT2D eigenvalue weighted by molar-refractivity contribution is 5.74. The van der Waals surface area contributed by atoms with Gasteiger partial charge in [0.15, 0.2) is 0 Å². The molecule has 0 bridgehead atoms. The number of rotatable bonds is 6. The van der Waals surface area contributed by atoms with Crippen molar-refractivity contribution in [3.63, 3.8) is 0 Å². The molecule has 2 rings (SSSR count). The monoisotopic (exact) mass is 329 g/mol. The Kier molecular flexibility index (Phi) is 5.87. The molecular formula is C16H22F3N3O. The predicted octanol–water partition coefficient (Wildman–Crippen LogP) is 2.86. The maximum atomic E-state index is 12.2. The fourth-order valence-corrected chi connectivity index (χ4v) is 2.85. The van der Waals surface area contributed by atoms with E-state index in [0.29, 0.717) is 13.0 Å². The van der Waals surface area contributed by atoms with Crippen LogP contribution in [0.25, 0.3) is 0 Å². The van der Waals surface area contributed by atoms with Crippen molar-refractivity contribution in [2.75, 3.05) is 26.7 Å². The van der Waals surface area contributed by atoms with Gasteiger partial charge in [0.1, 0.15) is 0 Å². The molecule has 128 valence electrons. The highest BCUT2D eigenvalue weighted by Gasteiger charge is 2.28. The standard InChI is InChI=1S/C16H22F3N3O/c1-22(11-16(17,18)19)10-4-9-20-15(23)21-14-8-7-12-5-2-3-6-13(12)14/h2-3,5-6,14H,4,7-11H2,1H3,(H2,20,21,23)/t14-/m0/s1. The molecule has 23 heavy (non-hydrogen) atoms. The van der Waals surface area contributed by atoms with E-state index < -0.39 is 12.7 Å². The molecule has 1 aromatic carbocycles. The van der Waals surface area contributed by atoms with Crippen molar-refractivity contribution in [2.24, 2.45) is 0 Å². The normalized spacial score (nSPS) is 17.2. The molecule has 0 unspecified atom stereocenters. The first-order valence-corrected chi connectivity index (χ1v) is 7.72. The van der Waals surface area contributed by atoms with E-state index in [0.717, 1.165) is 18.4 Å². The molecule has 2 N–H and O–H groups in total. The number of amides is 2. The van der Waals surface area contributed by atoms with Gasteiger partial charge in [-0.05, 0) is 44.0 Å². The maximum absolute atomic E-state index is 12.2. The van der Waals surface area contributed by atoms with Crippen molar-refractivity contribution in [1.29, 1.82) is 0 Å². The van der Waals surface area contributed by atoms with Crippen LogP contribution in [0.1, 0.15) is 30.0 Å². The van der Waals surface area contributed by atoms with Crippen LogP contribution in [-0.4, -0.2) is 43.8 Å². The number of urea groups is 1. The Balaban J connectivity index is 1.65. The van der Waals surface area contributed by atoms with Crippen molar-refractivity contribution in [2.45, 2.75) is 31.5 Å². The van der Waals surface area contributed by atoms with Crippen molar-refractivity contribution in [1.82, 2.24) is 15.5 Å². The Morgan fingerprint density at radius 1 is 1.35 bits per heavy atom. The number of hydrogen-bond donors (Lipinski definition) is 2. The second-order valence-corrected chi connectivity index (χ2v) is 5.90. The largest absolute Gasteiger partial charge is 0.401 e. The first-order chi connectivity index (χ1) is 10.8. The molecule has 0 saturated carbocycles. The van der Waals surface area contributed by atoms with E-state index in [1.165, 1.54) is 17.5 Å². The Morgan fingerprint density at radius 3 is 2.83 bits per heavy atom. The third-order valence-electron chi connectivity index (χ3n) is 3.89. The summed E-state index contributed by atoms with van der Waals surface area (Å²) in [4.78, 5) is 13.1. The summed E-state index contributed by atoms with van der Waals surface area (Å²) in [5.41, 5.74) is 2.40. The Labute approximate surface area is 134 Å². The van der Waals surface area contributed by atoms with Crippen LogP contribution in [0, 0.1) is 0 Å². The molecule has 0 spiro atoms. The zero-order chi connectivity index (χ0) is 16.9.